The Balaban J connectivity index is 2.10. The van der Waals surface area contributed by atoms with E-state index in [0.717, 1.165) is 18.5 Å². The molecule has 1 N–H and O–H groups in total. The van der Waals surface area contributed by atoms with Gasteiger partial charge in [0.15, 0.2) is 0 Å². The van der Waals surface area contributed by atoms with Gasteiger partial charge in [0.25, 0.3) is 0 Å². The molecule has 1 aromatic heterocycles. The van der Waals surface area contributed by atoms with Gasteiger partial charge in [-0.1, -0.05) is 0 Å². The average Bonchev–Trinajstić information content (AvgIpc) is 2.40. The molecule has 1 aromatic rings. The summed E-state index contributed by atoms with van der Waals surface area (Å²) in [5.74, 6) is 0.553. The van der Waals surface area contributed by atoms with Gasteiger partial charge >= 0.3 is 0 Å². The number of aliphatic hydroxyl groups is 1. The molecule has 6 heteroatoms. The van der Waals surface area contributed by atoms with Crippen molar-refractivity contribution in [2.24, 2.45) is 0 Å². The van der Waals surface area contributed by atoms with Crippen LogP contribution in [0.25, 0.3) is 0 Å². The summed E-state index contributed by atoms with van der Waals surface area (Å²) in [6.07, 6.45) is 4.06. The fraction of sp³-hybridized carbons (Fsp3) is 0.643. The molecule has 1 heterocycles. The highest BCUT2D eigenvalue weighted by atomic mass is 32.2. The van der Waals surface area contributed by atoms with Crippen molar-refractivity contribution < 1.29 is 18.3 Å². The zero-order valence-corrected chi connectivity index (χ0v) is 12.7. The van der Waals surface area contributed by atoms with Crippen LogP contribution in [-0.2, 0) is 16.4 Å². The molecule has 0 amide bonds. The highest BCUT2D eigenvalue weighted by molar-refractivity contribution is 7.91. The lowest BCUT2D eigenvalue weighted by molar-refractivity contribution is 0.150. The van der Waals surface area contributed by atoms with Gasteiger partial charge in [0.2, 0.25) is 0 Å². The topological polar surface area (TPSA) is 76.5 Å². The molecule has 0 aliphatic heterocycles. The van der Waals surface area contributed by atoms with E-state index in [1.165, 1.54) is 6.26 Å². The summed E-state index contributed by atoms with van der Waals surface area (Å²) in [7, 11) is -3.02. The van der Waals surface area contributed by atoms with Crippen LogP contribution in [0.2, 0.25) is 0 Å². The molecule has 2 rings (SSSR count). The van der Waals surface area contributed by atoms with E-state index < -0.39 is 9.84 Å². The number of aliphatic hydroxyl groups excluding tert-OH is 1. The van der Waals surface area contributed by atoms with Crippen molar-refractivity contribution in [2.45, 2.75) is 50.6 Å². The molecule has 1 fully saturated rings. The summed E-state index contributed by atoms with van der Waals surface area (Å²) in [6.45, 7) is 1.67. The zero-order valence-electron chi connectivity index (χ0n) is 11.9. The molecule has 2 atom stereocenters. The van der Waals surface area contributed by atoms with Crippen LogP contribution in [0.15, 0.2) is 12.1 Å². The first-order valence-electron chi connectivity index (χ1n) is 6.83. The number of ether oxygens (including phenoxy) is 1. The van der Waals surface area contributed by atoms with Crippen LogP contribution >= 0.6 is 0 Å². The number of aryl methyl sites for hydroxylation is 1. The van der Waals surface area contributed by atoms with Crippen molar-refractivity contribution in [2.75, 3.05) is 6.26 Å². The van der Waals surface area contributed by atoms with Gasteiger partial charge in [0, 0.05) is 18.4 Å². The predicted molar refractivity (Wildman–Crippen MR) is 76.4 cm³/mol. The third-order valence-corrected chi connectivity index (χ3v) is 5.34. The molecule has 5 nitrogen and oxygen atoms in total. The van der Waals surface area contributed by atoms with E-state index in [9.17, 15) is 13.5 Å². The average molecular weight is 299 g/mol. The van der Waals surface area contributed by atoms with Crippen molar-refractivity contribution in [1.82, 2.24) is 4.98 Å². The van der Waals surface area contributed by atoms with Crippen molar-refractivity contribution in [3.63, 3.8) is 0 Å². The van der Waals surface area contributed by atoms with E-state index in [2.05, 4.69) is 4.98 Å². The van der Waals surface area contributed by atoms with Crippen molar-refractivity contribution in [3.05, 3.63) is 23.5 Å². The summed E-state index contributed by atoms with van der Waals surface area (Å²) in [4.78, 5) is 4.23. The molecule has 0 bridgehead atoms. The first kappa shape index (κ1) is 15.3. The molecule has 0 radical (unpaired) electrons. The molecule has 1 aliphatic carbocycles. The number of aromatic nitrogens is 1. The Morgan fingerprint density at radius 3 is 2.80 bits per heavy atom. The quantitative estimate of drug-likeness (QED) is 0.914. The molecule has 0 aromatic carbocycles. The van der Waals surface area contributed by atoms with Gasteiger partial charge < -0.3 is 9.84 Å². The van der Waals surface area contributed by atoms with E-state index in [0.29, 0.717) is 24.3 Å². The maximum atomic E-state index is 11.6. The first-order chi connectivity index (χ1) is 9.40. The Labute approximate surface area is 119 Å². The Kier molecular flexibility index (Phi) is 4.65. The van der Waals surface area contributed by atoms with Crippen molar-refractivity contribution in [3.8, 4) is 5.75 Å². The second kappa shape index (κ2) is 6.10. The zero-order chi connectivity index (χ0) is 14.8. The lowest BCUT2D eigenvalue weighted by Crippen LogP contribution is -2.33. The van der Waals surface area contributed by atoms with Gasteiger partial charge in [0.1, 0.15) is 27.4 Å². The van der Waals surface area contributed by atoms with Gasteiger partial charge in [-0.25, -0.2) is 8.42 Å². The smallest absolute Gasteiger partial charge is 0.150 e. The van der Waals surface area contributed by atoms with Gasteiger partial charge in [-0.3, -0.25) is 4.98 Å². The van der Waals surface area contributed by atoms with E-state index in [-0.39, 0.29) is 18.0 Å². The van der Waals surface area contributed by atoms with Gasteiger partial charge in [0.05, 0.1) is 11.9 Å². The highest BCUT2D eigenvalue weighted by Crippen LogP contribution is 2.28. The van der Waals surface area contributed by atoms with E-state index >= 15 is 0 Å². The molecule has 1 saturated carbocycles. The van der Waals surface area contributed by atoms with Gasteiger partial charge in [-0.15, -0.1) is 0 Å². The van der Waals surface area contributed by atoms with Crippen LogP contribution in [0.5, 0.6) is 5.75 Å². The number of nitrogens with zero attached hydrogens (tertiary/aromatic N) is 1. The number of sulfone groups is 1. The second-order valence-corrected chi connectivity index (χ2v) is 7.74. The lowest BCUT2D eigenvalue weighted by atomic mass is 9.97. The van der Waals surface area contributed by atoms with E-state index in [4.69, 9.17) is 4.74 Å². The number of hydrogen-bond donors (Lipinski definition) is 1. The van der Waals surface area contributed by atoms with Crippen LogP contribution in [-0.4, -0.2) is 36.1 Å². The molecule has 2 unspecified atom stereocenters. The summed E-state index contributed by atoms with van der Waals surface area (Å²) in [6, 6.07) is 3.61. The Hall–Kier alpha value is -1.14. The summed E-state index contributed by atoms with van der Waals surface area (Å²) in [5.41, 5.74) is 1.32. The maximum Gasteiger partial charge on any atom is 0.150 e. The second-order valence-electron chi connectivity index (χ2n) is 5.41. The van der Waals surface area contributed by atoms with Crippen LogP contribution in [0.4, 0.5) is 0 Å². The third kappa shape index (κ3) is 3.70. The lowest BCUT2D eigenvalue weighted by Gasteiger charge is -2.29. The maximum absolute atomic E-state index is 11.6. The Bertz CT molecular complexity index is 571. The first-order valence-corrected chi connectivity index (χ1v) is 8.78. The van der Waals surface area contributed by atoms with Crippen molar-refractivity contribution >= 4 is 9.84 Å². The normalized spacial score (nSPS) is 23.6. The van der Waals surface area contributed by atoms with E-state index in [1.807, 2.05) is 13.0 Å². The SMILES string of the molecule is Cc1ccc(OC2CCCC(S(C)(=O)=O)C2)c(CO)n1. The minimum absolute atomic E-state index is 0.127. The summed E-state index contributed by atoms with van der Waals surface area (Å²) < 4.78 is 29.2. The largest absolute Gasteiger partial charge is 0.488 e. The van der Waals surface area contributed by atoms with E-state index in [1.54, 1.807) is 6.07 Å². The molecule has 1 aliphatic rings. The molecule has 0 saturated heterocycles. The number of rotatable bonds is 4. The molecule has 20 heavy (non-hydrogen) atoms. The van der Waals surface area contributed by atoms with Crippen LogP contribution in [0.3, 0.4) is 0 Å². The molecule has 0 spiro atoms. The van der Waals surface area contributed by atoms with Crippen LogP contribution in [0.1, 0.15) is 37.1 Å². The summed E-state index contributed by atoms with van der Waals surface area (Å²) >= 11 is 0. The van der Waals surface area contributed by atoms with Gasteiger partial charge in [-0.2, -0.15) is 0 Å². The number of hydrogen-bond acceptors (Lipinski definition) is 5. The third-order valence-electron chi connectivity index (χ3n) is 3.70. The fourth-order valence-corrected chi connectivity index (χ4v) is 3.75. The predicted octanol–water partition coefficient (Wildman–Crippen LogP) is 1.62. The Morgan fingerprint density at radius 2 is 2.15 bits per heavy atom. The fourth-order valence-electron chi connectivity index (χ4n) is 2.60. The molecular weight excluding hydrogens is 278 g/mol. The van der Waals surface area contributed by atoms with Crippen molar-refractivity contribution in [1.29, 1.82) is 0 Å². The standard InChI is InChI=1S/C14H21NO4S/c1-10-6-7-14(13(9-16)15-10)19-11-4-3-5-12(8-11)20(2,17)18/h6-7,11-12,16H,3-5,8-9H2,1-2H3. The van der Waals surface area contributed by atoms with Crippen LogP contribution in [0, 0.1) is 6.92 Å². The van der Waals surface area contributed by atoms with Crippen LogP contribution < -0.4 is 4.74 Å². The minimum Gasteiger partial charge on any atom is -0.488 e. The molecule has 112 valence electrons. The minimum atomic E-state index is -3.02. The monoisotopic (exact) mass is 299 g/mol. The molecular formula is C14H21NO4S. The highest BCUT2D eigenvalue weighted by Gasteiger charge is 2.30. The van der Waals surface area contributed by atoms with Gasteiger partial charge in [-0.05, 0) is 38.3 Å². The summed E-state index contributed by atoms with van der Waals surface area (Å²) in [5, 5.41) is 8.99. The number of pyridine rings is 1. The Morgan fingerprint density at radius 1 is 1.40 bits per heavy atom.